The van der Waals surface area contributed by atoms with Crippen LogP contribution in [0.15, 0.2) is 24.4 Å². The van der Waals surface area contributed by atoms with Crippen molar-refractivity contribution in [3.63, 3.8) is 0 Å². The molecule has 1 amide bonds. The van der Waals surface area contributed by atoms with E-state index in [0.717, 1.165) is 33.5 Å². The van der Waals surface area contributed by atoms with Crippen LogP contribution in [0, 0.1) is 6.92 Å². The molecule has 10 nitrogen and oxygen atoms in total. The van der Waals surface area contributed by atoms with Crippen LogP contribution in [0.2, 0.25) is 0 Å². The Morgan fingerprint density at radius 3 is 2.77 bits per heavy atom. The van der Waals surface area contributed by atoms with Crippen LogP contribution in [0.5, 0.6) is 5.75 Å². The molecule has 0 unspecified atom stereocenters. The lowest BCUT2D eigenvalue weighted by molar-refractivity contribution is 0.0598. The van der Waals surface area contributed by atoms with E-state index in [1.807, 2.05) is 6.92 Å². The number of carbonyl (C=O) groups excluding carboxylic acids is 2. The molecule has 0 bridgehead atoms. The van der Waals surface area contributed by atoms with Gasteiger partial charge in [0.1, 0.15) is 5.69 Å². The molecule has 10 heteroatoms. The molecule has 1 aliphatic carbocycles. The van der Waals surface area contributed by atoms with Crippen molar-refractivity contribution in [1.29, 1.82) is 0 Å². The second-order valence-electron chi connectivity index (χ2n) is 6.96. The predicted molar refractivity (Wildman–Crippen MR) is 103 cm³/mol. The molecule has 3 N–H and O–H groups in total. The summed E-state index contributed by atoms with van der Waals surface area (Å²) in [6.45, 7) is 1.84. The highest BCUT2D eigenvalue weighted by Crippen LogP contribution is 2.35. The van der Waals surface area contributed by atoms with E-state index in [1.165, 1.54) is 7.11 Å². The van der Waals surface area contributed by atoms with Gasteiger partial charge in [0.15, 0.2) is 17.1 Å². The number of esters is 1. The summed E-state index contributed by atoms with van der Waals surface area (Å²) in [4.78, 5) is 40.1. The van der Waals surface area contributed by atoms with Crippen LogP contribution in [-0.4, -0.2) is 49.8 Å². The maximum atomic E-state index is 13.0. The Morgan fingerprint density at radius 1 is 1.30 bits per heavy atom. The Bertz CT molecular complexity index is 1220. The highest BCUT2D eigenvalue weighted by molar-refractivity contribution is 5.97. The molecule has 1 aliphatic rings. The molecule has 154 valence electrons. The van der Waals surface area contributed by atoms with Gasteiger partial charge in [-0.3, -0.25) is 4.79 Å². The number of hydrogen-bond acceptors (Lipinski definition) is 7. The van der Waals surface area contributed by atoms with Crippen molar-refractivity contribution in [2.75, 3.05) is 7.11 Å². The van der Waals surface area contributed by atoms with Crippen molar-refractivity contribution in [2.45, 2.75) is 25.8 Å². The highest BCUT2D eigenvalue weighted by atomic mass is 16.5. The molecule has 0 fully saturated rings. The van der Waals surface area contributed by atoms with Crippen LogP contribution in [0.3, 0.4) is 0 Å². The summed E-state index contributed by atoms with van der Waals surface area (Å²) >= 11 is 0. The summed E-state index contributed by atoms with van der Waals surface area (Å²) in [5.41, 5.74) is 2.60. The van der Waals surface area contributed by atoms with Crippen LogP contribution in [0.1, 0.15) is 60.5 Å². The number of amides is 1. The van der Waals surface area contributed by atoms with E-state index in [2.05, 4.69) is 15.4 Å². The summed E-state index contributed by atoms with van der Waals surface area (Å²) in [6.07, 6.45) is 2.38. The van der Waals surface area contributed by atoms with Crippen LogP contribution in [0.4, 0.5) is 0 Å². The summed E-state index contributed by atoms with van der Waals surface area (Å²) in [7, 11) is 1.33. The van der Waals surface area contributed by atoms with E-state index in [9.17, 15) is 24.6 Å². The van der Waals surface area contributed by atoms with E-state index in [0.29, 0.717) is 18.4 Å². The van der Waals surface area contributed by atoms with Crippen LogP contribution in [0.25, 0.3) is 5.65 Å². The molecule has 1 atom stereocenters. The largest absolute Gasteiger partial charge is 0.503 e. The number of nitrogens with one attached hydrogen (secondary N) is 1. The van der Waals surface area contributed by atoms with E-state index < -0.39 is 17.8 Å². The molecule has 3 aromatic rings. The standard InChI is InChI=1S/C20H18N4O6/c1-9-10-5-6-13(12(10)4-3-11(9)20(29)30-2)23-18(26)15-7-14(19(27)28)22-17-16(25)8-21-24(15)17/h3-4,7-8,13,25H,5-6H2,1-2H3,(H,23,26)(H,27,28)/t13-/m0/s1. The zero-order valence-corrected chi connectivity index (χ0v) is 16.2. The Balaban J connectivity index is 1.68. The van der Waals surface area contributed by atoms with Crippen molar-refractivity contribution < 1.29 is 29.3 Å². The third kappa shape index (κ3) is 3.02. The van der Waals surface area contributed by atoms with Crippen molar-refractivity contribution in [3.8, 4) is 5.75 Å². The number of nitrogens with zero attached hydrogens (tertiary/aromatic N) is 3. The zero-order valence-electron chi connectivity index (χ0n) is 16.2. The lowest BCUT2D eigenvalue weighted by Gasteiger charge is -2.16. The van der Waals surface area contributed by atoms with Gasteiger partial charge >= 0.3 is 11.9 Å². The molecule has 4 rings (SSSR count). The fourth-order valence-electron chi connectivity index (χ4n) is 3.82. The quantitative estimate of drug-likeness (QED) is 0.551. The molecular weight excluding hydrogens is 392 g/mol. The average Bonchev–Trinajstić information content (AvgIpc) is 3.31. The van der Waals surface area contributed by atoms with Crippen molar-refractivity contribution in [3.05, 3.63) is 58.0 Å². The molecule has 0 spiro atoms. The first kappa shape index (κ1) is 19.4. The molecule has 2 aromatic heterocycles. The second-order valence-corrected chi connectivity index (χ2v) is 6.96. The Morgan fingerprint density at radius 2 is 2.07 bits per heavy atom. The molecule has 2 heterocycles. The van der Waals surface area contributed by atoms with E-state index in [4.69, 9.17) is 4.74 Å². The molecule has 0 saturated heterocycles. The average molecular weight is 410 g/mol. The number of benzene rings is 1. The molecule has 0 radical (unpaired) electrons. The molecule has 0 aliphatic heterocycles. The summed E-state index contributed by atoms with van der Waals surface area (Å²) < 4.78 is 5.90. The topological polar surface area (TPSA) is 143 Å². The number of methoxy groups -OCH3 is 1. The van der Waals surface area contributed by atoms with Gasteiger partial charge in [-0.25, -0.2) is 19.1 Å². The van der Waals surface area contributed by atoms with Crippen LogP contribution < -0.4 is 5.32 Å². The number of carbonyl (C=O) groups is 3. The van der Waals surface area contributed by atoms with Gasteiger partial charge in [-0.2, -0.15) is 5.10 Å². The number of aromatic hydroxyl groups is 1. The van der Waals surface area contributed by atoms with E-state index in [1.54, 1.807) is 12.1 Å². The number of fused-ring (bicyclic) bond motifs is 2. The molecule has 30 heavy (non-hydrogen) atoms. The first-order valence-electron chi connectivity index (χ1n) is 9.14. The minimum Gasteiger partial charge on any atom is -0.503 e. The van der Waals surface area contributed by atoms with E-state index in [-0.39, 0.29) is 28.8 Å². The van der Waals surface area contributed by atoms with Gasteiger partial charge in [-0.15, -0.1) is 0 Å². The number of hydrogen-bond donors (Lipinski definition) is 3. The third-order valence-electron chi connectivity index (χ3n) is 5.31. The minimum absolute atomic E-state index is 0.0611. The van der Waals surface area contributed by atoms with Gasteiger partial charge in [-0.05, 0) is 42.5 Å². The second kappa shape index (κ2) is 7.14. The zero-order chi connectivity index (χ0) is 21.6. The molecule has 1 aromatic carbocycles. The fraction of sp³-hybridized carbons (Fsp3) is 0.250. The summed E-state index contributed by atoms with van der Waals surface area (Å²) in [5, 5.41) is 25.9. The Hall–Kier alpha value is -3.95. The number of rotatable bonds is 4. The summed E-state index contributed by atoms with van der Waals surface area (Å²) in [6, 6.07) is 4.25. The maximum absolute atomic E-state index is 13.0. The number of carboxylic acid groups (broad SMARTS) is 1. The lowest BCUT2D eigenvalue weighted by Crippen LogP contribution is -2.29. The molecular formula is C20H18N4O6. The van der Waals surface area contributed by atoms with Gasteiger partial charge < -0.3 is 20.3 Å². The molecule has 0 saturated carbocycles. The Kier molecular flexibility index (Phi) is 4.61. The fourth-order valence-corrected chi connectivity index (χ4v) is 3.82. The first-order valence-corrected chi connectivity index (χ1v) is 9.14. The van der Waals surface area contributed by atoms with Gasteiger partial charge in [-0.1, -0.05) is 6.07 Å². The predicted octanol–water partition coefficient (Wildman–Crippen LogP) is 1.65. The van der Waals surface area contributed by atoms with Crippen molar-refractivity contribution in [2.24, 2.45) is 0 Å². The SMILES string of the molecule is COC(=O)c1ccc2c(c1C)CC[C@@H]2NC(=O)c1cc(C(=O)O)nc2c(O)cnn12. The number of carboxylic acids is 1. The van der Waals surface area contributed by atoms with E-state index >= 15 is 0 Å². The third-order valence-corrected chi connectivity index (χ3v) is 5.31. The smallest absolute Gasteiger partial charge is 0.354 e. The highest BCUT2D eigenvalue weighted by Gasteiger charge is 2.29. The van der Waals surface area contributed by atoms with Crippen LogP contribution >= 0.6 is 0 Å². The van der Waals surface area contributed by atoms with Gasteiger partial charge in [0.05, 0.1) is 24.9 Å². The van der Waals surface area contributed by atoms with Gasteiger partial charge in [0.25, 0.3) is 5.91 Å². The van der Waals surface area contributed by atoms with Gasteiger partial charge in [0.2, 0.25) is 0 Å². The number of ether oxygens (including phenoxy) is 1. The minimum atomic E-state index is -1.33. The van der Waals surface area contributed by atoms with Gasteiger partial charge in [0, 0.05) is 6.07 Å². The number of aromatic carboxylic acids is 1. The Labute approximate surface area is 170 Å². The lowest BCUT2D eigenvalue weighted by atomic mass is 9.98. The first-order chi connectivity index (χ1) is 14.3. The maximum Gasteiger partial charge on any atom is 0.354 e. The monoisotopic (exact) mass is 410 g/mol. The van der Waals surface area contributed by atoms with Crippen molar-refractivity contribution in [1.82, 2.24) is 19.9 Å². The van der Waals surface area contributed by atoms with Crippen molar-refractivity contribution >= 4 is 23.5 Å². The van der Waals surface area contributed by atoms with Crippen LogP contribution in [-0.2, 0) is 11.2 Å². The normalized spacial score (nSPS) is 15.1. The summed E-state index contributed by atoms with van der Waals surface area (Å²) in [5.74, 6) is -2.63. The number of aromatic nitrogens is 3.